The molecule has 0 spiro atoms. The third-order valence-corrected chi connectivity index (χ3v) is 2.63. The zero-order chi connectivity index (χ0) is 12.8. The Hall–Kier alpha value is -1.26. The van der Waals surface area contributed by atoms with Gasteiger partial charge >= 0.3 is 5.97 Å². The molecule has 0 aliphatic rings. The van der Waals surface area contributed by atoms with Crippen LogP contribution in [0.4, 0.5) is 5.69 Å². The molecule has 1 N–H and O–H groups in total. The number of nitrogens with one attached hydrogen (secondary N) is 1. The van der Waals surface area contributed by atoms with Crippen molar-refractivity contribution in [3.8, 4) is 0 Å². The first-order valence-corrected chi connectivity index (χ1v) is 5.73. The van der Waals surface area contributed by atoms with E-state index in [9.17, 15) is 4.79 Å². The number of esters is 1. The topological polar surface area (TPSA) is 50.7 Å². The molecule has 0 atom stereocenters. The average molecular weight is 275 g/mol. The molecular formula is C11H12Cl2N2O2. The molecule has 4 nitrogen and oxygen atoms in total. The lowest BCUT2D eigenvalue weighted by Gasteiger charge is -2.06. The summed E-state index contributed by atoms with van der Waals surface area (Å²) in [6.07, 6.45) is 0. The summed E-state index contributed by atoms with van der Waals surface area (Å²) in [5.41, 5.74) is 4.17. The van der Waals surface area contributed by atoms with Gasteiger partial charge in [0, 0.05) is 5.02 Å². The van der Waals surface area contributed by atoms with Crippen LogP contribution in [0.5, 0.6) is 0 Å². The number of rotatable bonds is 4. The first-order chi connectivity index (χ1) is 8.06. The molecule has 0 unspecified atom stereocenters. The Morgan fingerprint density at radius 3 is 2.88 bits per heavy atom. The van der Waals surface area contributed by atoms with Crippen LogP contribution in [-0.2, 0) is 9.53 Å². The van der Waals surface area contributed by atoms with E-state index in [2.05, 4.69) is 15.3 Å². The highest BCUT2D eigenvalue weighted by molar-refractivity contribution is 6.82. The first kappa shape index (κ1) is 13.8. The monoisotopic (exact) mass is 274 g/mol. The fourth-order valence-electron chi connectivity index (χ4n) is 1.07. The highest BCUT2D eigenvalue weighted by atomic mass is 35.5. The third-order valence-electron chi connectivity index (χ3n) is 1.99. The van der Waals surface area contributed by atoms with Crippen LogP contribution >= 0.6 is 23.2 Å². The van der Waals surface area contributed by atoms with Crippen molar-refractivity contribution in [3.05, 3.63) is 28.8 Å². The number of hydrogen-bond donors (Lipinski definition) is 1. The maximum atomic E-state index is 11.2. The Balaban J connectivity index is 2.75. The maximum absolute atomic E-state index is 11.2. The number of carbonyl (C=O) groups excluding carboxylic acids is 1. The standard InChI is InChI=1S/C11H12Cl2N2O2/c1-3-17-11(16)10(13)15-14-9-6-4-5-8(12)7(9)2/h4-6,14H,3H2,1-2H3/b15-10+. The van der Waals surface area contributed by atoms with Crippen molar-refractivity contribution >= 4 is 40.0 Å². The zero-order valence-electron chi connectivity index (χ0n) is 9.46. The number of carbonyl (C=O) groups is 1. The molecule has 0 aliphatic carbocycles. The highest BCUT2D eigenvalue weighted by Crippen LogP contribution is 2.22. The van der Waals surface area contributed by atoms with E-state index in [1.807, 2.05) is 6.92 Å². The van der Waals surface area contributed by atoms with Crippen LogP contribution in [0.2, 0.25) is 5.02 Å². The summed E-state index contributed by atoms with van der Waals surface area (Å²) >= 11 is 11.6. The van der Waals surface area contributed by atoms with Gasteiger partial charge in [0.2, 0.25) is 5.17 Å². The molecule has 6 heteroatoms. The molecule has 1 aromatic carbocycles. The van der Waals surface area contributed by atoms with Crippen LogP contribution in [0.25, 0.3) is 0 Å². The van der Waals surface area contributed by atoms with Gasteiger partial charge in [-0.05, 0) is 31.5 Å². The lowest BCUT2D eigenvalue weighted by Crippen LogP contribution is -2.13. The van der Waals surface area contributed by atoms with E-state index in [0.717, 1.165) is 5.56 Å². The number of ether oxygens (including phenoxy) is 1. The number of anilines is 1. The second kappa shape index (κ2) is 6.47. The molecule has 17 heavy (non-hydrogen) atoms. The molecule has 0 fully saturated rings. The molecule has 0 amide bonds. The van der Waals surface area contributed by atoms with Gasteiger partial charge in [-0.2, -0.15) is 5.10 Å². The van der Waals surface area contributed by atoms with Crippen molar-refractivity contribution < 1.29 is 9.53 Å². The van der Waals surface area contributed by atoms with Gasteiger partial charge in [-0.3, -0.25) is 5.43 Å². The molecule has 1 aromatic rings. The van der Waals surface area contributed by atoms with Crippen molar-refractivity contribution in [2.45, 2.75) is 13.8 Å². The van der Waals surface area contributed by atoms with Gasteiger partial charge in [0.25, 0.3) is 0 Å². The highest BCUT2D eigenvalue weighted by Gasteiger charge is 2.09. The van der Waals surface area contributed by atoms with E-state index >= 15 is 0 Å². The van der Waals surface area contributed by atoms with Gasteiger partial charge in [0.15, 0.2) is 0 Å². The lowest BCUT2D eigenvalue weighted by molar-refractivity contribution is -0.134. The smallest absolute Gasteiger partial charge is 0.370 e. The van der Waals surface area contributed by atoms with Crippen LogP contribution in [0.15, 0.2) is 23.3 Å². The van der Waals surface area contributed by atoms with E-state index in [4.69, 9.17) is 23.2 Å². The lowest BCUT2D eigenvalue weighted by atomic mass is 10.2. The minimum Gasteiger partial charge on any atom is -0.461 e. The molecule has 0 heterocycles. The predicted octanol–water partition coefficient (Wildman–Crippen LogP) is 3.18. The molecule has 92 valence electrons. The number of hydrogen-bond acceptors (Lipinski definition) is 4. The van der Waals surface area contributed by atoms with E-state index in [-0.39, 0.29) is 11.8 Å². The molecule has 0 saturated heterocycles. The van der Waals surface area contributed by atoms with Crippen LogP contribution in [0.3, 0.4) is 0 Å². The molecule has 0 aliphatic heterocycles. The van der Waals surface area contributed by atoms with Crippen molar-refractivity contribution in [1.29, 1.82) is 0 Å². The quantitative estimate of drug-likeness (QED) is 0.521. The summed E-state index contributed by atoms with van der Waals surface area (Å²) in [4.78, 5) is 11.2. The molecule has 0 bridgehead atoms. The molecule has 0 saturated carbocycles. The summed E-state index contributed by atoms with van der Waals surface area (Å²) in [5, 5.41) is 4.06. The minimum absolute atomic E-state index is 0.251. The number of nitrogens with zero attached hydrogens (tertiary/aromatic N) is 1. The van der Waals surface area contributed by atoms with Crippen molar-refractivity contribution in [2.24, 2.45) is 5.10 Å². The van der Waals surface area contributed by atoms with E-state index in [1.54, 1.807) is 25.1 Å². The van der Waals surface area contributed by atoms with Gasteiger partial charge in [0.1, 0.15) is 0 Å². The van der Waals surface area contributed by atoms with E-state index in [1.165, 1.54) is 0 Å². The van der Waals surface area contributed by atoms with Gasteiger partial charge in [0.05, 0.1) is 12.3 Å². The second-order valence-corrected chi connectivity index (χ2v) is 3.91. The second-order valence-electron chi connectivity index (χ2n) is 3.15. The Morgan fingerprint density at radius 2 is 2.24 bits per heavy atom. The molecule has 0 radical (unpaired) electrons. The fourth-order valence-corrected chi connectivity index (χ4v) is 1.35. The average Bonchev–Trinajstić information content (AvgIpc) is 2.31. The normalized spacial score (nSPS) is 11.2. The molecule has 1 rings (SSSR count). The summed E-state index contributed by atoms with van der Waals surface area (Å²) in [5.74, 6) is -0.665. The van der Waals surface area contributed by atoms with Crippen molar-refractivity contribution in [3.63, 3.8) is 0 Å². The predicted molar refractivity (Wildman–Crippen MR) is 69.7 cm³/mol. The van der Waals surface area contributed by atoms with Gasteiger partial charge < -0.3 is 4.74 Å². The maximum Gasteiger partial charge on any atom is 0.370 e. The SMILES string of the molecule is CCOC(=O)/C(Cl)=N\Nc1cccc(Cl)c1C. The number of benzene rings is 1. The molecule has 0 aromatic heterocycles. The van der Waals surface area contributed by atoms with Gasteiger partial charge in [-0.15, -0.1) is 0 Å². The third kappa shape index (κ3) is 3.91. The van der Waals surface area contributed by atoms with E-state index in [0.29, 0.717) is 10.7 Å². The Bertz CT molecular complexity index is 447. The van der Waals surface area contributed by atoms with E-state index < -0.39 is 5.97 Å². The summed E-state index contributed by atoms with van der Waals surface area (Å²) < 4.78 is 4.68. The fraction of sp³-hybridized carbons (Fsp3) is 0.273. The van der Waals surface area contributed by atoms with Crippen LogP contribution in [0, 0.1) is 6.92 Å². The van der Waals surface area contributed by atoms with Crippen molar-refractivity contribution in [1.82, 2.24) is 0 Å². The largest absolute Gasteiger partial charge is 0.461 e. The van der Waals surface area contributed by atoms with Gasteiger partial charge in [-0.25, -0.2) is 4.79 Å². The van der Waals surface area contributed by atoms with Crippen LogP contribution in [0.1, 0.15) is 12.5 Å². The number of halogens is 2. The summed E-state index contributed by atoms with van der Waals surface area (Å²) in [6, 6.07) is 5.31. The first-order valence-electron chi connectivity index (χ1n) is 4.97. The Labute approximate surface area is 110 Å². The zero-order valence-corrected chi connectivity index (χ0v) is 11.0. The summed E-state index contributed by atoms with van der Waals surface area (Å²) in [6.45, 7) is 3.77. The minimum atomic E-state index is -0.665. The van der Waals surface area contributed by atoms with Crippen LogP contribution in [-0.4, -0.2) is 17.7 Å². The van der Waals surface area contributed by atoms with Crippen LogP contribution < -0.4 is 5.43 Å². The Morgan fingerprint density at radius 1 is 1.53 bits per heavy atom. The van der Waals surface area contributed by atoms with Crippen molar-refractivity contribution in [2.75, 3.05) is 12.0 Å². The number of hydrazone groups is 1. The Kier molecular flexibility index (Phi) is 5.25. The summed E-state index contributed by atoms with van der Waals surface area (Å²) in [7, 11) is 0. The van der Waals surface area contributed by atoms with Gasteiger partial charge in [-0.1, -0.05) is 29.3 Å². The molecular weight excluding hydrogens is 263 g/mol.